The second-order valence-electron chi connectivity index (χ2n) is 6.12. The van der Waals surface area contributed by atoms with Crippen LogP contribution in [0.15, 0.2) is 42.5 Å². The van der Waals surface area contributed by atoms with Crippen molar-refractivity contribution in [2.75, 3.05) is 0 Å². The summed E-state index contributed by atoms with van der Waals surface area (Å²) in [6, 6.07) is 13.8. The van der Waals surface area contributed by atoms with Crippen LogP contribution in [0.25, 0.3) is 0 Å². The lowest BCUT2D eigenvalue weighted by atomic mass is 9.64. The number of carbonyl (C=O) groups is 2. The number of rotatable bonds is 0. The molecule has 0 saturated heterocycles. The molecular formula is C19H16O2. The van der Waals surface area contributed by atoms with Gasteiger partial charge in [0.25, 0.3) is 0 Å². The van der Waals surface area contributed by atoms with Gasteiger partial charge in [-0.05, 0) is 29.5 Å². The van der Waals surface area contributed by atoms with E-state index in [2.05, 4.69) is 19.1 Å². The molecule has 2 aromatic carbocycles. The Morgan fingerprint density at radius 3 is 2.33 bits per heavy atom. The highest BCUT2D eigenvalue weighted by Gasteiger charge is 2.41. The highest BCUT2D eigenvalue weighted by molar-refractivity contribution is 6.04. The molecule has 2 aliphatic carbocycles. The van der Waals surface area contributed by atoms with Crippen LogP contribution in [0.1, 0.15) is 56.2 Å². The smallest absolute Gasteiger partial charge is 0.163 e. The summed E-state index contributed by atoms with van der Waals surface area (Å²) in [5.41, 5.74) is 5.07. The normalized spacial score (nSPS) is 23.3. The van der Waals surface area contributed by atoms with Crippen LogP contribution in [0, 0.1) is 12.8 Å². The van der Waals surface area contributed by atoms with Crippen molar-refractivity contribution in [1.82, 2.24) is 0 Å². The van der Waals surface area contributed by atoms with E-state index in [1.807, 2.05) is 30.3 Å². The van der Waals surface area contributed by atoms with Gasteiger partial charge in [0, 0.05) is 29.9 Å². The summed E-state index contributed by atoms with van der Waals surface area (Å²) >= 11 is 0. The third-order valence-electron chi connectivity index (χ3n) is 4.90. The first-order valence-electron chi connectivity index (χ1n) is 7.41. The van der Waals surface area contributed by atoms with Crippen molar-refractivity contribution in [2.45, 2.75) is 25.7 Å². The van der Waals surface area contributed by atoms with Gasteiger partial charge in [-0.1, -0.05) is 42.5 Å². The Kier molecular flexibility index (Phi) is 2.61. The first kappa shape index (κ1) is 12.5. The maximum Gasteiger partial charge on any atom is 0.163 e. The van der Waals surface area contributed by atoms with Crippen molar-refractivity contribution in [2.24, 2.45) is 5.92 Å². The number of Topliss-reactive ketones (excluding diaryl/α,β-unsaturated/α-hetero) is 2. The minimum atomic E-state index is 0.119. The van der Waals surface area contributed by atoms with E-state index in [0.717, 1.165) is 27.8 Å². The molecule has 0 heterocycles. The van der Waals surface area contributed by atoms with E-state index in [0.29, 0.717) is 12.8 Å². The summed E-state index contributed by atoms with van der Waals surface area (Å²) in [5.74, 6) is 0.667. The van der Waals surface area contributed by atoms with Gasteiger partial charge in [0.05, 0.1) is 0 Å². The van der Waals surface area contributed by atoms with Gasteiger partial charge in [-0.2, -0.15) is 0 Å². The van der Waals surface area contributed by atoms with E-state index < -0.39 is 0 Å². The first-order chi connectivity index (χ1) is 10.2. The van der Waals surface area contributed by atoms with Crippen LogP contribution in [0.2, 0.25) is 0 Å². The van der Waals surface area contributed by atoms with Crippen LogP contribution in [-0.2, 0) is 0 Å². The molecule has 2 aliphatic rings. The van der Waals surface area contributed by atoms with Crippen LogP contribution < -0.4 is 0 Å². The topological polar surface area (TPSA) is 34.1 Å². The fourth-order valence-corrected chi connectivity index (χ4v) is 4.01. The summed E-state index contributed by atoms with van der Waals surface area (Å²) in [6.45, 7) is 2.06. The summed E-state index contributed by atoms with van der Waals surface area (Å²) in [5, 5.41) is 0. The molecule has 2 nitrogen and oxygen atoms in total. The standard InChI is InChI=1S/C19H16O2/c1-11-5-4-8-15-17(21)10-12-9-16(20)13-6-2-3-7-14(13)19(12)18(11)15/h2-8,12,19H,9-10H2,1H3. The van der Waals surface area contributed by atoms with Crippen LogP contribution in [0.4, 0.5) is 0 Å². The Labute approximate surface area is 123 Å². The van der Waals surface area contributed by atoms with Crippen LogP contribution in [-0.4, -0.2) is 11.6 Å². The van der Waals surface area contributed by atoms with Gasteiger partial charge in [-0.15, -0.1) is 0 Å². The van der Waals surface area contributed by atoms with Gasteiger partial charge < -0.3 is 0 Å². The van der Waals surface area contributed by atoms with Crippen molar-refractivity contribution in [3.63, 3.8) is 0 Å². The SMILES string of the molecule is Cc1cccc2c1C1c3ccccc3C(=O)CC1CC2=O. The van der Waals surface area contributed by atoms with E-state index in [1.54, 1.807) is 0 Å². The zero-order valence-corrected chi connectivity index (χ0v) is 11.9. The lowest BCUT2D eigenvalue weighted by Crippen LogP contribution is -2.33. The van der Waals surface area contributed by atoms with E-state index in [1.165, 1.54) is 0 Å². The fraction of sp³-hybridized carbons (Fsp3) is 0.263. The molecule has 21 heavy (non-hydrogen) atoms. The maximum absolute atomic E-state index is 12.4. The van der Waals surface area contributed by atoms with Crippen molar-refractivity contribution in [3.05, 3.63) is 70.3 Å². The van der Waals surface area contributed by atoms with E-state index in [-0.39, 0.29) is 23.4 Å². The Hall–Kier alpha value is -2.22. The molecule has 0 amide bonds. The Bertz CT molecular complexity index is 773. The average molecular weight is 276 g/mol. The zero-order chi connectivity index (χ0) is 14.6. The molecule has 104 valence electrons. The quantitative estimate of drug-likeness (QED) is 0.731. The lowest BCUT2D eigenvalue weighted by Gasteiger charge is -2.38. The van der Waals surface area contributed by atoms with Gasteiger partial charge in [0.2, 0.25) is 0 Å². The van der Waals surface area contributed by atoms with Crippen molar-refractivity contribution < 1.29 is 9.59 Å². The molecule has 0 aliphatic heterocycles. The van der Waals surface area contributed by atoms with E-state index in [4.69, 9.17) is 0 Å². The second kappa shape index (κ2) is 4.39. The van der Waals surface area contributed by atoms with Crippen LogP contribution >= 0.6 is 0 Å². The Morgan fingerprint density at radius 2 is 1.52 bits per heavy atom. The Morgan fingerprint density at radius 1 is 0.857 bits per heavy atom. The molecule has 4 rings (SSSR count). The summed E-state index contributed by atoms with van der Waals surface area (Å²) < 4.78 is 0. The van der Waals surface area contributed by atoms with Gasteiger partial charge in [-0.3, -0.25) is 9.59 Å². The number of carbonyl (C=O) groups excluding carboxylic acids is 2. The van der Waals surface area contributed by atoms with Gasteiger partial charge in [-0.25, -0.2) is 0 Å². The van der Waals surface area contributed by atoms with Crippen LogP contribution in [0.3, 0.4) is 0 Å². The predicted molar refractivity (Wildman–Crippen MR) is 80.8 cm³/mol. The summed E-state index contributed by atoms with van der Waals surface area (Å²) in [7, 11) is 0. The van der Waals surface area contributed by atoms with Crippen molar-refractivity contribution >= 4 is 11.6 Å². The molecular weight excluding hydrogens is 260 g/mol. The van der Waals surface area contributed by atoms with Crippen LogP contribution in [0.5, 0.6) is 0 Å². The number of hydrogen-bond donors (Lipinski definition) is 0. The number of ketones is 2. The summed E-state index contributed by atoms with van der Waals surface area (Å²) in [6.07, 6.45) is 0.975. The molecule has 0 aromatic heterocycles. The molecule has 2 aromatic rings. The van der Waals surface area contributed by atoms with E-state index >= 15 is 0 Å². The Balaban J connectivity index is 2.01. The van der Waals surface area contributed by atoms with Gasteiger partial charge >= 0.3 is 0 Å². The monoisotopic (exact) mass is 276 g/mol. The fourth-order valence-electron chi connectivity index (χ4n) is 4.01. The van der Waals surface area contributed by atoms with Gasteiger partial charge in [0.15, 0.2) is 11.6 Å². The predicted octanol–water partition coefficient (Wildman–Crippen LogP) is 3.92. The third-order valence-corrected chi connectivity index (χ3v) is 4.90. The highest BCUT2D eigenvalue weighted by Crippen LogP contribution is 2.47. The van der Waals surface area contributed by atoms with E-state index in [9.17, 15) is 9.59 Å². The molecule has 0 radical (unpaired) electrons. The lowest BCUT2D eigenvalue weighted by molar-refractivity contribution is 0.0884. The van der Waals surface area contributed by atoms with Crippen molar-refractivity contribution in [1.29, 1.82) is 0 Å². The third kappa shape index (κ3) is 1.72. The molecule has 0 saturated carbocycles. The number of aryl methyl sites for hydroxylation is 1. The minimum Gasteiger partial charge on any atom is -0.294 e. The number of benzene rings is 2. The molecule has 0 spiro atoms. The highest BCUT2D eigenvalue weighted by atomic mass is 16.1. The average Bonchev–Trinajstić information content (AvgIpc) is 2.48. The minimum absolute atomic E-state index is 0.119. The second-order valence-corrected chi connectivity index (χ2v) is 6.12. The molecule has 2 unspecified atom stereocenters. The molecule has 0 N–H and O–H groups in total. The summed E-state index contributed by atoms with van der Waals surface area (Å²) in [4.78, 5) is 24.7. The maximum atomic E-state index is 12.4. The van der Waals surface area contributed by atoms with Crippen molar-refractivity contribution in [3.8, 4) is 0 Å². The number of hydrogen-bond acceptors (Lipinski definition) is 2. The zero-order valence-electron chi connectivity index (χ0n) is 11.9. The largest absolute Gasteiger partial charge is 0.294 e. The molecule has 2 heteroatoms. The number of fused-ring (bicyclic) bond motifs is 5. The molecule has 0 fully saturated rings. The first-order valence-corrected chi connectivity index (χ1v) is 7.41. The van der Waals surface area contributed by atoms with Gasteiger partial charge in [0.1, 0.15) is 0 Å². The molecule has 2 atom stereocenters. The molecule has 0 bridgehead atoms.